The van der Waals surface area contributed by atoms with Gasteiger partial charge < -0.3 is 4.74 Å². The highest BCUT2D eigenvalue weighted by molar-refractivity contribution is 7.97. The Bertz CT molecular complexity index is 4960. The molecule has 0 saturated carbocycles. The molecular weight excluding hydrogens is 1820 g/mol. The van der Waals surface area contributed by atoms with Crippen molar-refractivity contribution in [1.29, 1.82) is 0 Å². The molecule has 12 aromatic rings. The maximum Gasteiger partial charge on any atom is 0.296 e. The second kappa shape index (κ2) is 33.1. The van der Waals surface area contributed by atoms with Crippen molar-refractivity contribution in [2.24, 2.45) is 0 Å². The summed E-state index contributed by atoms with van der Waals surface area (Å²) in [7, 11) is -0.128. The van der Waals surface area contributed by atoms with E-state index in [1.807, 2.05) is 34.7 Å². The van der Waals surface area contributed by atoms with Crippen LogP contribution in [0.1, 0.15) is 0 Å². The first kappa shape index (κ1) is 88.2. The molecule has 0 spiro atoms. The Kier molecular flexibility index (Phi) is 25.0. The first-order valence-corrected chi connectivity index (χ1v) is 32.9. The zero-order valence-corrected chi connectivity index (χ0v) is 58.0. The number of hydrogen-bond donors (Lipinski definition) is 0. The zero-order valence-electron chi connectivity index (χ0n) is 54.9. The fraction of sp³-hybridized carbons (Fsp3) is 0. The molecule has 0 atom stereocenters. The van der Waals surface area contributed by atoms with Gasteiger partial charge in [0, 0.05) is 0 Å². The average molecular weight is 1840 g/mol. The van der Waals surface area contributed by atoms with E-state index in [4.69, 9.17) is 4.74 Å². The van der Waals surface area contributed by atoms with Crippen LogP contribution in [0.15, 0.2) is 124 Å². The molecular formula is C72H19B2F40IOS. The number of ether oxygens (including phenoxy) is 1. The van der Waals surface area contributed by atoms with Gasteiger partial charge in [-0.15, -0.1) is 43.7 Å². The summed E-state index contributed by atoms with van der Waals surface area (Å²) in [5.74, 6) is -141. The molecule has 0 aliphatic carbocycles. The molecule has 117 heavy (non-hydrogen) atoms. The van der Waals surface area contributed by atoms with Crippen molar-refractivity contribution in [3.63, 3.8) is 0 Å². The van der Waals surface area contributed by atoms with Gasteiger partial charge in [-0.2, -0.15) is 0 Å². The third-order valence-corrected chi connectivity index (χ3v) is 20.5. The lowest BCUT2D eigenvalue weighted by Gasteiger charge is -2.44. The van der Waals surface area contributed by atoms with Crippen molar-refractivity contribution in [3.8, 4) is 11.5 Å². The Balaban J connectivity index is 0.000000191. The molecule has 0 aliphatic rings. The van der Waals surface area contributed by atoms with Crippen LogP contribution < -0.4 is 71.0 Å². The third kappa shape index (κ3) is 14.1. The molecule has 612 valence electrons. The van der Waals surface area contributed by atoms with E-state index in [-0.39, 0.29) is 10.9 Å². The van der Waals surface area contributed by atoms with Crippen LogP contribution in [0.3, 0.4) is 0 Å². The van der Waals surface area contributed by atoms with Crippen LogP contribution >= 0.6 is 0 Å². The second-order valence-corrected chi connectivity index (χ2v) is 26.9. The van der Waals surface area contributed by atoms with Crippen molar-refractivity contribution < 1.29 is 203 Å². The van der Waals surface area contributed by atoms with Crippen LogP contribution in [0, 0.1) is 236 Å². The van der Waals surface area contributed by atoms with Crippen molar-refractivity contribution in [3.05, 3.63) is 345 Å². The minimum atomic E-state index is -7.22. The number of halogens is 41. The largest absolute Gasteiger partial charge is 0.457 e. The zero-order chi connectivity index (χ0) is 87.2. The lowest BCUT2D eigenvalue weighted by molar-refractivity contribution is -0.328. The van der Waals surface area contributed by atoms with Crippen molar-refractivity contribution in [2.75, 3.05) is 0 Å². The minimum absolute atomic E-state index is 0.128. The highest BCUT2D eigenvalue weighted by Gasteiger charge is 2.55. The van der Waals surface area contributed by atoms with Crippen LogP contribution in [-0.2, 0) is 10.9 Å². The second-order valence-electron chi connectivity index (χ2n) is 23.6. The first-order chi connectivity index (χ1) is 54.7. The van der Waals surface area contributed by atoms with E-state index in [2.05, 4.69) is 97.1 Å². The van der Waals surface area contributed by atoms with Gasteiger partial charge in [-0.3, -0.25) is 0 Å². The summed E-state index contributed by atoms with van der Waals surface area (Å²) in [5, 5.41) is 0. The van der Waals surface area contributed by atoms with Gasteiger partial charge in [0.2, 0.25) is 0 Å². The van der Waals surface area contributed by atoms with E-state index in [9.17, 15) is 105 Å². The van der Waals surface area contributed by atoms with Crippen LogP contribution in [0.2, 0.25) is 0 Å². The quantitative estimate of drug-likeness (QED) is 0.0279. The number of benzene rings is 12. The van der Waals surface area contributed by atoms with Gasteiger partial charge in [0.1, 0.15) is 117 Å². The molecule has 0 N–H and O–H groups in total. The third-order valence-electron chi connectivity index (χ3n) is 17.5. The summed E-state index contributed by atoms with van der Waals surface area (Å²) in [6.07, 6.45) is -14.4. The molecule has 45 heteroatoms. The Morgan fingerprint density at radius 1 is 0.162 bits per heavy atom. The Morgan fingerprint density at radius 3 is 0.444 bits per heavy atom. The SMILES string of the molecule is Fc1c(F)c(F)c([B-](c2c(F)c(F)c(F)c(F)c2F)(c2c(F)c(F)c(F)c(F)c2F)c2c(F)c(F)c(F)c(F)c2F)c(F)c1F.Fc1c(F)c(F)c([B-](c2c(F)c(F)c(F)c(F)c2F)(c2c(F)c(F)c(F)c(F)c2F)c2c(F)c(F)c(F)c(F)c2F)c(F)c1F.[IH+]c1ccc(Oc2ccc([S+](c3ccccc3)c3ccccc3)cc2)cc1. The van der Waals surface area contributed by atoms with Crippen molar-refractivity contribution in [2.45, 2.75) is 14.7 Å². The molecule has 0 amide bonds. The normalized spacial score (nSPS) is 11.7. The van der Waals surface area contributed by atoms with Crippen LogP contribution in [0.5, 0.6) is 11.5 Å². The molecule has 12 aromatic carbocycles. The van der Waals surface area contributed by atoms with Crippen LogP contribution in [-0.4, -0.2) is 12.3 Å². The number of rotatable bonds is 13. The molecule has 0 radical (unpaired) electrons. The summed E-state index contributed by atoms with van der Waals surface area (Å²) in [6, 6.07) is 38.0. The average Bonchev–Trinajstić information content (AvgIpc) is 0.685. The van der Waals surface area contributed by atoms with Crippen LogP contribution in [0.4, 0.5) is 176 Å². The summed E-state index contributed by atoms with van der Waals surface area (Å²) >= 11 is 2.00. The van der Waals surface area contributed by atoms with E-state index in [1.165, 1.54) is 18.3 Å². The highest BCUT2D eigenvalue weighted by atomic mass is 127. The fourth-order valence-electron chi connectivity index (χ4n) is 12.6. The van der Waals surface area contributed by atoms with Gasteiger partial charge in [0.05, 0.1) is 10.9 Å². The molecule has 12 rings (SSSR count). The van der Waals surface area contributed by atoms with Gasteiger partial charge in [0.15, 0.2) is 158 Å². The fourth-order valence-corrected chi connectivity index (χ4v) is 15.0. The van der Waals surface area contributed by atoms with Gasteiger partial charge in [-0.05, 0) is 72.8 Å². The standard InChI is InChI=1S/2C24BF20.C24H19IOS/c2*26-5-1(6(27)14(35)21(42)13(5)34)25(2-7(28)15(36)22(43)16(37)8(2)29,3-9(30)17(38)23(44)18(39)10(3)31)4-11(32)19(40)24(45)20(41)12(4)33;25-19-11-13-20(14-12-19)26-21-15-17-24(18-16-21)27(22-7-3-1-4-8-22)23-9-5-2-6-10-23/h;;1-18,25H/q2*-1;+2. The Morgan fingerprint density at radius 2 is 0.291 bits per heavy atom. The molecule has 0 saturated heterocycles. The maximum atomic E-state index is 15.4. The minimum Gasteiger partial charge on any atom is -0.457 e. The monoisotopic (exact) mass is 1840 g/mol. The van der Waals surface area contributed by atoms with Crippen molar-refractivity contribution >= 4 is 66.9 Å². The lowest BCUT2D eigenvalue weighted by Crippen LogP contribution is -3.34. The molecule has 0 heterocycles. The molecule has 0 bridgehead atoms. The molecule has 0 aliphatic heterocycles. The molecule has 0 unspecified atom stereocenters. The molecule has 1 nitrogen and oxygen atoms in total. The van der Waals surface area contributed by atoms with E-state index < -0.39 is 289 Å². The molecule has 0 fully saturated rings. The van der Waals surface area contributed by atoms with E-state index in [0.29, 0.717) is 0 Å². The van der Waals surface area contributed by atoms with Gasteiger partial charge in [-0.25, -0.2) is 176 Å². The predicted molar refractivity (Wildman–Crippen MR) is 327 cm³/mol. The highest BCUT2D eigenvalue weighted by Crippen LogP contribution is 2.37. The van der Waals surface area contributed by atoms with Gasteiger partial charge in [0.25, 0.3) is 22.6 Å². The smallest absolute Gasteiger partial charge is 0.296 e. The van der Waals surface area contributed by atoms with Gasteiger partial charge in [-0.1, -0.05) is 36.4 Å². The Labute approximate surface area is 638 Å². The molecule has 0 aromatic heterocycles. The predicted octanol–water partition coefficient (Wildman–Crippen LogP) is 14.7. The summed E-state index contributed by atoms with van der Waals surface area (Å²) < 4.78 is 595. The number of hydrogen-bond acceptors (Lipinski definition) is 1. The Hall–Kier alpha value is -11.2. The summed E-state index contributed by atoms with van der Waals surface area (Å²) in [4.78, 5) is 3.91. The topological polar surface area (TPSA) is 9.23 Å². The van der Waals surface area contributed by atoms with Gasteiger partial charge >= 0.3 is 0 Å². The van der Waals surface area contributed by atoms with E-state index in [1.54, 1.807) is 0 Å². The van der Waals surface area contributed by atoms with Crippen molar-refractivity contribution in [1.82, 2.24) is 0 Å². The summed E-state index contributed by atoms with van der Waals surface area (Å²) in [5.41, 5.74) is -28.7. The van der Waals surface area contributed by atoms with Crippen LogP contribution in [0.25, 0.3) is 0 Å². The summed E-state index contributed by atoms with van der Waals surface area (Å²) in [6.45, 7) is 0. The van der Waals surface area contributed by atoms with E-state index >= 15 is 70.2 Å². The van der Waals surface area contributed by atoms with E-state index in [0.717, 1.165) is 11.5 Å². The first-order valence-electron chi connectivity index (χ1n) is 30.6. The maximum absolute atomic E-state index is 15.4. The lowest BCUT2D eigenvalue weighted by atomic mass is 9.12.